The number of carbonyl (C=O) groups excluding carboxylic acids is 3. The number of aryl methyl sites for hydroxylation is 1. The number of benzene rings is 1. The van der Waals surface area contributed by atoms with Crippen molar-refractivity contribution < 1.29 is 19.1 Å². The van der Waals surface area contributed by atoms with Crippen LogP contribution in [-0.4, -0.2) is 64.2 Å². The second-order valence-corrected chi connectivity index (χ2v) is 7.63. The predicted octanol–water partition coefficient (Wildman–Crippen LogP) is 1.07. The molecule has 2 amide bonds. The maximum absolute atomic E-state index is 12.7. The lowest BCUT2D eigenvalue weighted by atomic mass is 9.95. The van der Waals surface area contributed by atoms with Gasteiger partial charge in [-0.2, -0.15) is 0 Å². The molecule has 1 N–H and O–H groups in total. The summed E-state index contributed by atoms with van der Waals surface area (Å²) < 4.78 is 6.50. The first-order valence-electron chi connectivity index (χ1n) is 10.2. The summed E-state index contributed by atoms with van der Waals surface area (Å²) in [5, 5.41) is 11.3. The van der Waals surface area contributed by atoms with Gasteiger partial charge in [0.05, 0.1) is 7.11 Å². The summed E-state index contributed by atoms with van der Waals surface area (Å²) in [6.07, 6.45) is 2.85. The van der Waals surface area contributed by atoms with Gasteiger partial charge in [0.1, 0.15) is 24.2 Å². The SMILES string of the molecule is COC(=O)CNC(=O)C1CCc2nnc(C3CCN(C(=O)c4ccccc4)CC3)n21. The first-order valence-corrected chi connectivity index (χ1v) is 10.2. The average molecular weight is 411 g/mol. The quantitative estimate of drug-likeness (QED) is 0.738. The normalized spacial score (nSPS) is 18.7. The van der Waals surface area contributed by atoms with E-state index in [0.717, 1.165) is 24.5 Å². The summed E-state index contributed by atoms with van der Waals surface area (Å²) in [6.45, 7) is 1.12. The molecule has 1 unspecified atom stereocenters. The number of aromatic nitrogens is 3. The molecule has 0 bridgehead atoms. The van der Waals surface area contributed by atoms with Crippen molar-refractivity contribution in [3.05, 3.63) is 47.5 Å². The summed E-state index contributed by atoms with van der Waals surface area (Å²) in [4.78, 5) is 38.5. The van der Waals surface area contributed by atoms with E-state index in [1.54, 1.807) is 0 Å². The summed E-state index contributed by atoms with van der Waals surface area (Å²) in [5.41, 5.74) is 0.696. The Hall–Kier alpha value is -3.23. The molecular weight excluding hydrogens is 386 g/mol. The number of likely N-dealkylation sites (tertiary alicyclic amines) is 1. The van der Waals surface area contributed by atoms with E-state index in [1.165, 1.54) is 7.11 Å². The highest BCUT2D eigenvalue weighted by Gasteiger charge is 2.36. The zero-order valence-corrected chi connectivity index (χ0v) is 16.9. The zero-order chi connectivity index (χ0) is 21.1. The van der Waals surface area contributed by atoms with Crippen molar-refractivity contribution in [1.29, 1.82) is 0 Å². The number of carbonyl (C=O) groups is 3. The van der Waals surface area contributed by atoms with Crippen molar-refractivity contribution in [2.75, 3.05) is 26.7 Å². The molecule has 30 heavy (non-hydrogen) atoms. The van der Waals surface area contributed by atoms with Gasteiger partial charge in [-0.25, -0.2) is 0 Å². The fraction of sp³-hybridized carbons (Fsp3) is 0.476. The first kappa shape index (κ1) is 20.1. The lowest BCUT2D eigenvalue weighted by molar-refractivity contribution is -0.141. The maximum atomic E-state index is 12.7. The summed E-state index contributed by atoms with van der Waals surface area (Å²) in [5.74, 6) is 1.07. The topological polar surface area (TPSA) is 106 Å². The monoisotopic (exact) mass is 411 g/mol. The van der Waals surface area contributed by atoms with Crippen LogP contribution in [0.15, 0.2) is 30.3 Å². The Balaban J connectivity index is 1.42. The second kappa shape index (κ2) is 8.64. The van der Waals surface area contributed by atoms with Gasteiger partial charge in [-0.15, -0.1) is 10.2 Å². The van der Waals surface area contributed by atoms with Crippen LogP contribution < -0.4 is 5.32 Å². The summed E-state index contributed by atoms with van der Waals surface area (Å²) >= 11 is 0. The Morgan fingerprint density at radius 2 is 1.83 bits per heavy atom. The van der Waals surface area contributed by atoms with Gasteiger partial charge in [-0.3, -0.25) is 14.4 Å². The third kappa shape index (κ3) is 3.92. The molecule has 0 aliphatic carbocycles. The predicted molar refractivity (Wildman–Crippen MR) is 107 cm³/mol. The van der Waals surface area contributed by atoms with Gasteiger partial charge in [-0.1, -0.05) is 18.2 Å². The minimum Gasteiger partial charge on any atom is -0.468 e. The number of methoxy groups -OCH3 is 1. The van der Waals surface area contributed by atoms with Crippen molar-refractivity contribution in [2.24, 2.45) is 0 Å². The zero-order valence-electron chi connectivity index (χ0n) is 16.9. The highest BCUT2D eigenvalue weighted by Crippen LogP contribution is 2.34. The molecule has 9 nitrogen and oxygen atoms in total. The molecule has 4 rings (SSSR count). The minimum atomic E-state index is -0.485. The number of rotatable bonds is 5. The molecule has 3 heterocycles. The van der Waals surface area contributed by atoms with Gasteiger partial charge >= 0.3 is 5.97 Å². The van der Waals surface area contributed by atoms with E-state index in [1.807, 2.05) is 39.8 Å². The highest BCUT2D eigenvalue weighted by molar-refractivity contribution is 5.94. The van der Waals surface area contributed by atoms with Crippen LogP contribution in [0.1, 0.15) is 53.2 Å². The maximum Gasteiger partial charge on any atom is 0.325 e. The standard InChI is InChI=1S/C21H25N5O4/c1-30-18(27)13-22-20(28)16-7-8-17-23-24-19(26(16)17)14-9-11-25(12-10-14)21(29)15-5-3-2-4-6-15/h2-6,14,16H,7-13H2,1H3,(H,22,28). The molecule has 1 fully saturated rings. The second-order valence-electron chi connectivity index (χ2n) is 7.63. The number of hydrogen-bond acceptors (Lipinski definition) is 6. The Morgan fingerprint density at radius 3 is 2.53 bits per heavy atom. The Bertz CT molecular complexity index is 934. The molecule has 158 valence electrons. The Morgan fingerprint density at radius 1 is 1.10 bits per heavy atom. The van der Waals surface area contributed by atoms with Gasteiger partial charge in [0.15, 0.2) is 0 Å². The molecule has 1 saturated heterocycles. The number of hydrogen-bond donors (Lipinski definition) is 1. The number of piperidine rings is 1. The Labute approximate surface area is 174 Å². The largest absolute Gasteiger partial charge is 0.468 e. The molecule has 1 aromatic heterocycles. The number of amides is 2. The van der Waals surface area contributed by atoms with E-state index in [-0.39, 0.29) is 24.3 Å². The lowest BCUT2D eigenvalue weighted by Crippen LogP contribution is -2.39. The van der Waals surface area contributed by atoms with Crippen LogP contribution >= 0.6 is 0 Å². The van der Waals surface area contributed by atoms with E-state index in [9.17, 15) is 14.4 Å². The summed E-state index contributed by atoms with van der Waals surface area (Å²) in [6, 6.07) is 8.87. The molecule has 0 spiro atoms. The average Bonchev–Trinajstić information content (AvgIpc) is 3.40. The number of ether oxygens (including phenoxy) is 1. The number of esters is 1. The lowest BCUT2D eigenvalue weighted by Gasteiger charge is -2.32. The van der Waals surface area contributed by atoms with Crippen molar-refractivity contribution in [1.82, 2.24) is 25.0 Å². The van der Waals surface area contributed by atoms with Gasteiger partial charge in [0.2, 0.25) is 5.91 Å². The van der Waals surface area contributed by atoms with Crippen LogP contribution in [0.5, 0.6) is 0 Å². The van der Waals surface area contributed by atoms with E-state index in [2.05, 4.69) is 20.3 Å². The van der Waals surface area contributed by atoms with Gasteiger partial charge in [0.25, 0.3) is 5.91 Å². The number of fused-ring (bicyclic) bond motifs is 1. The molecule has 0 saturated carbocycles. The number of nitrogens with zero attached hydrogens (tertiary/aromatic N) is 4. The molecule has 2 aliphatic heterocycles. The first-order chi connectivity index (χ1) is 14.6. The van der Waals surface area contributed by atoms with Crippen molar-refractivity contribution >= 4 is 17.8 Å². The molecular formula is C21H25N5O4. The molecule has 9 heteroatoms. The smallest absolute Gasteiger partial charge is 0.325 e. The Kier molecular flexibility index (Phi) is 5.78. The van der Waals surface area contributed by atoms with Gasteiger partial charge in [-0.05, 0) is 31.4 Å². The van der Waals surface area contributed by atoms with Crippen LogP contribution in [0.3, 0.4) is 0 Å². The van der Waals surface area contributed by atoms with E-state index >= 15 is 0 Å². The highest BCUT2D eigenvalue weighted by atomic mass is 16.5. The third-order valence-electron chi connectivity index (χ3n) is 5.85. The molecule has 1 aromatic carbocycles. The molecule has 2 aliphatic rings. The van der Waals surface area contributed by atoms with Crippen LogP contribution in [0.4, 0.5) is 0 Å². The van der Waals surface area contributed by atoms with Crippen LogP contribution in [0, 0.1) is 0 Å². The van der Waals surface area contributed by atoms with E-state index in [4.69, 9.17) is 0 Å². The van der Waals surface area contributed by atoms with Crippen molar-refractivity contribution in [2.45, 2.75) is 37.6 Å². The van der Waals surface area contributed by atoms with Crippen LogP contribution in [0.25, 0.3) is 0 Å². The van der Waals surface area contributed by atoms with Crippen molar-refractivity contribution in [3.8, 4) is 0 Å². The van der Waals surface area contributed by atoms with Crippen LogP contribution in [-0.2, 0) is 20.7 Å². The minimum absolute atomic E-state index is 0.0422. The van der Waals surface area contributed by atoms with Gasteiger partial charge in [0, 0.05) is 31.0 Å². The molecule has 2 aromatic rings. The van der Waals surface area contributed by atoms with Crippen molar-refractivity contribution in [3.63, 3.8) is 0 Å². The van der Waals surface area contributed by atoms with E-state index < -0.39 is 12.0 Å². The fourth-order valence-corrected chi connectivity index (χ4v) is 4.22. The van der Waals surface area contributed by atoms with Crippen LogP contribution in [0.2, 0.25) is 0 Å². The van der Waals surface area contributed by atoms with Gasteiger partial charge < -0.3 is 19.5 Å². The number of nitrogens with one attached hydrogen (secondary N) is 1. The third-order valence-corrected chi connectivity index (χ3v) is 5.85. The van der Waals surface area contributed by atoms with E-state index in [0.29, 0.717) is 31.5 Å². The summed E-state index contributed by atoms with van der Waals surface area (Å²) in [7, 11) is 1.29. The molecule has 1 atom stereocenters. The fourth-order valence-electron chi connectivity index (χ4n) is 4.22. The molecule has 0 radical (unpaired) electrons.